The minimum atomic E-state index is -1.59. The maximum atomic E-state index is 13.3. The molecule has 0 aliphatic carbocycles. The van der Waals surface area contributed by atoms with E-state index in [1.54, 1.807) is 42.7 Å². The lowest BCUT2D eigenvalue weighted by atomic mass is 9.87. The van der Waals surface area contributed by atoms with Gasteiger partial charge in [0.05, 0.1) is 31.6 Å². The summed E-state index contributed by atoms with van der Waals surface area (Å²) in [4.78, 5) is 65.2. The van der Waals surface area contributed by atoms with E-state index in [2.05, 4.69) is 17.2 Å². The monoisotopic (exact) mass is 666 g/mol. The molecule has 11 nitrogen and oxygen atoms in total. The number of carbonyl (C=O) groups is 5. The van der Waals surface area contributed by atoms with E-state index >= 15 is 0 Å². The number of ketones is 1. The van der Waals surface area contributed by atoms with Crippen LogP contribution < -0.4 is 10.1 Å². The van der Waals surface area contributed by atoms with Crippen molar-refractivity contribution >= 4 is 29.6 Å². The molecule has 0 aliphatic rings. The molecule has 11 heteroatoms. The number of ether oxygens (including phenoxy) is 1. The number of nitrogens with zero attached hydrogens (tertiary/aromatic N) is 1. The zero-order valence-electron chi connectivity index (χ0n) is 28.1. The Morgan fingerprint density at radius 3 is 2.06 bits per heavy atom. The Hall–Kier alpha value is -4.54. The van der Waals surface area contributed by atoms with Crippen LogP contribution in [0.2, 0.25) is 0 Å². The fourth-order valence-electron chi connectivity index (χ4n) is 5.42. The Kier molecular flexibility index (Phi) is 18.3. The van der Waals surface area contributed by atoms with Gasteiger partial charge in [-0.05, 0) is 42.9 Å². The number of benzene rings is 1. The van der Waals surface area contributed by atoms with E-state index in [0.717, 1.165) is 49.7 Å². The molecule has 0 radical (unpaired) electrons. The first-order valence-corrected chi connectivity index (χ1v) is 16.8. The lowest BCUT2D eigenvalue weighted by Gasteiger charge is -2.22. The summed E-state index contributed by atoms with van der Waals surface area (Å²) in [5.74, 6) is -7.14. The fraction of sp³-hybridized carbons (Fsp3) is 0.514. The first-order chi connectivity index (χ1) is 23.0. The van der Waals surface area contributed by atoms with Crippen molar-refractivity contribution in [3.8, 4) is 16.9 Å². The lowest BCUT2D eigenvalue weighted by molar-refractivity contribution is -0.152. The molecule has 1 aromatic heterocycles. The van der Waals surface area contributed by atoms with Gasteiger partial charge in [-0.2, -0.15) is 0 Å². The number of unbranched alkanes of at least 4 members (excludes halogenated alkanes) is 8. The predicted molar refractivity (Wildman–Crippen MR) is 182 cm³/mol. The highest BCUT2D eigenvalue weighted by Crippen LogP contribution is 2.24. The first kappa shape index (κ1) is 39.6. The van der Waals surface area contributed by atoms with Gasteiger partial charge in [0.25, 0.3) is 0 Å². The Balaban J connectivity index is 1.98. The van der Waals surface area contributed by atoms with Gasteiger partial charge in [-0.25, -0.2) is 4.79 Å². The van der Waals surface area contributed by atoms with Gasteiger partial charge >= 0.3 is 17.9 Å². The molecule has 0 saturated heterocycles. The highest BCUT2D eigenvalue weighted by atomic mass is 16.5. The minimum Gasteiger partial charge on any atom is -0.495 e. The maximum Gasteiger partial charge on any atom is 0.326 e. The lowest BCUT2D eigenvalue weighted by Crippen LogP contribution is -2.47. The van der Waals surface area contributed by atoms with Crippen LogP contribution in [-0.2, 0) is 30.4 Å². The number of pyridine rings is 1. The highest BCUT2D eigenvalue weighted by Gasteiger charge is 2.35. The molecule has 48 heavy (non-hydrogen) atoms. The van der Waals surface area contributed by atoms with Gasteiger partial charge in [-0.15, -0.1) is 0 Å². The fourth-order valence-corrected chi connectivity index (χ4v) is 5.42. The standard InChI is InChI=1S/C37H50N2O9/c1-3-4-5-8-11-14-29(40)15-12-9-6-7-10-13-16-31(32(36(44)45)23-34(41)42)35(43)39-33(37(46)47)21-26-17-19-27(20-18-26)28-22-30(48-2)25-38-24-28/h13,16-20,22,24-25,31-33H,3-12,14-15,21,23H2,1-2H3,(H,39,43)(H,41,42)(H,44,45)(H,46,47)/b16-13+/t31-,32+,33-/m0/s1. The average molecular weight is 667 g/mol. The summed E-state index contributed by atoms with van der Waals surface area (Å²) in [5.41, 5.74) is 2.24. The second-order valence-corrected chi connectivity index (χ2v) is 12.1. The zero-order valence-corrected chi connectivity index (χ0v) is 28.1. The van der Waals surface area contributed by atoms with Crippen LogP contribution >= 0.6 is 0 Å². The molecule has 0 spiro atoms. The smallest absolute Gasteiger partial charge is 0.326 e. The molecule has 3 atom stereocenters. The van der Waals surface area contributed by atoms with Crippen molar-refractivity contribution in [1.82, 2.24) is 10.3 Å². The number of nitrogens with one attached hydrogen (secondary N) is 1. The molecular formula is C37H50N2O9. The molecule has 2 aromatic rings. The summed E-state index contributed by atoms with van der Waals surface area (Å²) in [6.07, 6.45) is 15.9. The van der Waals surface area contributed by atoms with E-state index in [1.165, 1.54) is 32.4 Å². The molecule has 4 N–H and O–H groups in total. The third kappa shape index (κ3) is 14.9. The summed E-state index contributed by atoms with van der Waals surface area (Å²) in [7, 11) is 1.54. The van der Waals surface area contributed by atoms with Gasteiger partial charge in [0.2, 0.25) is 5.91 Å². The maximum absolute atomic E-state index is 13.3. The van der Waals surface area contributed by atoms with Crippen LogP contribution in [0.25, 0.3) is 11.1 Å². The van der Waals surface area contributed by atoms with Crippen LogP contribution in [0.15, 0.2) is 54.9 Å². The summed E-state index contributed by atoms with van der Waals surface area (Å²) >= 11 is 0. The Bertz CT molecular complexity index is 1360. The molecule has 0 saturated carbocycles. The largest absolute Gasteiger partial charge is 0.495 e. The molecular weight excluding hydrogens is 616 g/mol. The topological polar surface area (TPSA) is 180 Å². The molecule has 262 valence electrons. The first-order valence-electron chi connectivity index (χ1n) is 16.8. The summed E-state index contributed by atoms with van der Waals surface area (Å²) in [6, 6.07) is 7.47. The number of hydrogen-bond acceptors (Lipinski definition) is 7. The second-order valence-electron chi connectivity index (χ2n) is 12.1. The van der Waals surface area contributed by atoms with Gasteiger partial charge in [0.15, 0.2) is 0 Å². The number of carbonyl (C=O) groups excluding carboxylic acids is 2. The number of hydrogen-bond donors (Lipinski definition) is 4. The van der Waals surface area contributed by atoms with Crippen molar-refractivity contribution in [2.75, 3.05) is 7.11 Å². The summed E-state index contributed by atoms with van der Waals surface area (Å²) < 4.78 is 5.21. The van der Waals surface area contributed by atoms with Crippen molar-refractivity contribution in [3.05, 3.63) is 60.4 Å². The predicted octanol–water partition coefficient (Wildman–Crippen LogP) is 6.49. The van der Waals surface area contributed by atoms with Crippen molar-refractivity contribution < 1.29 is 44.0 Å². The van der Waals surface area contributed by atoms with E-state index < -0.39 is 48.1 Å². The van der Waals surface area contributed by atoms with Crippen LogP contribution in [0.5, 0.6) is 5.75 Å². The molecule has 0 fully saturated rings. The van der Waals surface area contributed by atoms with Gasteiger partial charge in [-0.1, -0.05) is 81.9 Å². The molecule has 0 bridgehead atoms. The molecule has 1 heterocycles. The summed E-state index contributed by atoms with van der Waals surface area (Å²) in [5, 5.41) is 31.4. The van der Waals surface area contributed by atoms with E-state index in [9.17, 15) is 39.3 Å². The van der Waals surface area contributed by atoms with Gasteiger partial charge in [0, 0.05) is 31.0 Å². The van der Waals surface area contributed by atoms with Crippen LogP contribution in [0.1, 0.15) is 96.0 Å². The van der Waals surface area contributed by atoms with Crippen LogP contribution in [0, 0.1) is 11.8 Å². The molecule has 2 rings (SSSR count). The number of allylic oxidation sites excluding steroid dienone is 1. The number of methoxy groups -OCH3 is 1. The van der Waals surface area contributed by atoms with E-state index in [1.807, 2.05) is 6.07 Å². The van der Waals surface area contributed by atoms with E-state index in [4.69, 9.17) is 4.74 Å². The Morgan fingerprint density at radius 1 is 0.833 bits per heavy atom. The van der Waals surface area contributed by atoms with Gasteiger partial charge in [0.1, 0.15) is 17.6 Å². The number of aromatic nitrogens is 1. The average Bonchev–Trinajstić information content (AvgIpc) is 3.06. The van der Waals surface area contributed by atoms with Crippen molar-refractivity contribution in [2.24, 2.45) is 11.8 Å². The Labute approximate surface area is 282 Å². The number of amides is 1. The van der Waals surface area contributed by atoms with Crippen LogP contribution in [0.3, 0.4) is 0 Å². The molecule has 0 aliphatic heterocycles. The van der Waals surface area contributed by atoms with Crippen LogP contribution in [0.4, 0.5) is 0 Å². The molecule has 1 aromatic carbocycles. The summed E-state index contributed by atoms with van der Waals surface area (Å²) in [6.45, 7) is 2.16. The number of rotatable bonds is 25. The number of Topliss-reactive ketones (excluding diaryl/α,β-unsaturated/α-hetero) is 1. The second kappa shape index (κ2) is 22.1. The number of carboxylic acid groups (broad SMARTS) is 3. The highest BCUT2D eigenvalue weighted by molar-refractivity contribution is 5.91. The third-order valence-electron chi connectivity index (χ3n) is 8.22. The van der Waals surface area contributed by atoms with E-state index in [0.29, 0.717) is 36.4 Å². The number of aliphatic carboxylic acids is 3. The SMILES string of the molecule is CCCCCCCC(=O)CCCCCC/C=C/[C@H](C(=O)N[C@@H](Cc1ccc(-c2cncc(OC)c2)cc1)C(=O)O)[C@@H](CC(=O)O)C(=O)O. The number of carboxylic acids is 3. The van der Waals surface area contributed by atoms with Crippen molar-refractivity contribution in [2.45, 2.75) is 103 Å². The zero-order chi connectivity index (χ0) is 35.3. The molecule has 1 amide bonds. The van der Waals surface area contributed by atoms with Crippen molar-refractivity contribution in [1.29, 1.82) is 0 Å². The Morgan fingerprint density at radius 2 is 1.48 bits per heavy atom. The minimum absolute atomic E-state index is 0.0772. The van der Waals surface area contributed by atoms with Crippen LogP contribution in [-0.4, -0.2) is 63.1 Å². The third-order valence-corrected chi connectivity index (χ3v) is 8.22. The normalized spacial score (nSPS) is 13.0. The molecule has 0 unspecified atom stereocenters. The quantitative estimate of drug-likeness (QED) is 0.0676. The van der Waals surface area contributed by atoms with Gasteiger partial charge in [-0.3, -0.25) is 24.2 Å². The van der Waals surface area contributed by atoms with E-state index in [-0.39, 0.29) is 6.42 Å². The van der Waals surface area contributed by atoms with Gasteiger partial charge < -0.3 is 25.4 Å². The van der Waals surface area contributed by atoms with Crippen molar-refractivity contribution in [3.63, 3.8) is 0 Å².